The number of carboxylic acid groups (broad SMARTS) is 1. The third-order valence-corrected chi connectivity index (χ3v) is 3.15. The second-order valence-electron chi connectivity index (χ2n) is 4.38. The summed E-state index contributed by atoms with van der Waals surface area (Å²) in [7, 11) is 0. The van der Waals surface area contributed by atoms with Crippen LogP contribution in [-0.2, 0) is 4.79 Å². The number of carbonyl (C=O) groups excluding carboxylic acids is 1. The maximum Gasteiger partial charge on any atom is 0.315 e. The quantitative estimate of drug-likeness (QED) is 0.727. The zero-order chi connectivity index (χ0) is 12.9. The minimum Gasteiger partial charge on any atom is -0.481 e. The lowest BCUT2D eigenvalue weighted by molar-refractivity contribution is -0.138. The largest absolute Gasteiger partial charge is 0.481 e. The number of nitrogens with one attached hydrogen (secondary N) is 2. The molecule has 1 aliphatic rings. The fourth-order valence-corrected chi connectivity index (χ4v) is 2.29. The van der Waals surface area contributed by atoms with E-state index in [1.807, 2.05) is 0 Å². The van der Waals surface area contributed by atoms with Gasteiger partial charge in [-0.15, -0.1) is 0 Å². The average molecular weight is 305 g/mol. The highest BCUT2D eigenvalue weighted by atomic mass is 79.9. The van der Waals surface area contributed by atoms with Crippen molar-refractivity contribution in [1.29, 1.82) is 0 Å². The minimum absolute atomic E-state index is 0.0182. The van der Waals surface area contributed by atoms with E-state index in [0.717, 1.165) is 25.7 Å². The molecule has 96 valence electrons. The molecule has 6 heteroatoms. The maximum atomic E-state index is 11.6. The van der Waals surface area contributed by atoms with E-state index < -0.39 is 11.5 Å². The Kier molecular flexibility index (Phi) is 4.99. The Morgan fingerprint density at radius 3 is 2.41 bits per heavy atom. The van der Waals surface area contributed by atoms with E-state index in [9.17, 15) is 9.59 Å². The van der Waals surface area contributed by atoms with Crippen molar-refractivity contribution in [2.75, 3.05) is 6.54 Å². The molecule has 0 atom stereocenters. The Balaban J connectivity index is 2.51. The molecule has 0 bridgehead atoms. The standard InChI is InChI=1S/C11H17BrN2O3/c1-8(12)7-13-10(17)14-11(6-9(15)16)4-2-3-5-11/h1-7H2,(H,15,16)(H2,13,14,17). The molecule has 1 aliphatic carbocycles. The summed E-state index contributed by atoms with van der Waals surface area (Å²) in [5.74, 6) is -0.878. The van der Waals surface area contributed by atoms with Crippen molar-refractivity contribution >= 4 is 27.9 Å². The van der Waals surface area contributed by atoms with E-state index in [-0.39, 0.29) is 12.5 Å². The molecular formula is C11H17BrN2O3. The van der Waals surface area contributed by atoms with E-state index in [4.69, 9.17) is 5.11 Å². The molecule has 0 aliphatic heterocycles. The third-order valence-electron chi connectivity index (χ3n) is 2.87. The van der Waals surface area contributed by atoms with Crippen LogP contribution in [0.5, 0.6) is 0 Å². The summed E-state index contributed by atoms with van der Waals surface area (Å²) >= 11 is 3.14. The second kappa shape index (κ2) is 6.05. The summed E-state index contributed by atoms with van der Waals surface area (Å²) in [6.07, 6.45) is 3.34. The van der Waals surface area contributed by atoms with Crippen molar-refractivity contribution in [3.05, 3.63) is 11.1 Å². The van der Waals surface area contributed by atoms with Crippen molar-refractivity contribution in [2.45, 2.75) is 37.6 Å². The number of hydrogen-bond acceptors (Lipinski definition) is 2. The average Bonchev–Trinajstić information content (AvgIpc) is 2.62. The van der Waals surface area contributed by atoms with Crippen molar-refractivity contribution in [3.63, 3.8) is 0 Å². The summed E-state index contributed by atoms with van der Waals surface area (Å²) in [5, 5.41) is 14.3. The molecule has 0 radical (unpaired) electrons. The fraction of sp³-hybridized carbons (Fsp3) is 0.636. The van der Waals surface area contributed by atoms with E-state index in [2.05, 4.69) is 33.1 Å². The molecule has 0 aromatic rings. The Labute approximate surface area is 109 Å². The smallest absolute Gasteiger partial charge is 0.315 e. The van der Waals surface area contributed by atoms with Gasteiger partial charge in [0.05, 0.1) is 18.5 Å². The molecule has 1 saturated carbocycles. The zero-order valence-corrected chi connectivity index (χ0v) is 11.2. The Morgan fingerprint density at radius 2 is 1.94 bits per heavy atom. The molecule has 0 aromatic heterocycles. The lowest BCUT2D eigenvalue weighted by atomic mass is 9.93. The first-order chi connectivity index (χ1) is 7.93. The van der Waals surface area contributed by atoms with Crippen molar-refractivity contribution < 1.29 is 14.7 Å². The van der Waals surface area contributed by atoms with Gasteiger partial charge in [0.1, 0.15) is 0 Å². The number of halogens is 1. The van der Waals surface area contributed by atoms with Gasteiger partial charge in [-0.3, -0.25) is 4.79 Å². The fourth-order valence-electron chi connectivity index (χ4n) is 2.15. The van der Waals surface area contributed by atoms with E-state index in [1.54, 1.807) is 0 Å². The highest BCUT2D eigenvalue weighted by Crippen LogP contribution is 2.32. The highest BCUT2D eigenvalue weighted by molar-refractivity contribution is 9.11. The first-order valence-corrected chi connectivity index (χ1v) is 6.34. The van der Waals surface area contributed by atoms with E-state index in [1.165, 1.54) is 0 Å². The lowest BCUT2D eigenvalue weighted by Gasteiger charge is -2.28. The molecular weight excluding hydrogens is 288 g/mol. The van der Waals surface area contributed by atoms with Crippen LogP contribution in [0.15, 0.2) is 11.1 Å². The van der Waals surface area contributed by atoms with Gasteiger partial charge in [-0.25, -0.2) is 4.79 Å². The highest BCUT2D eigenvalue weighted by Gasteiger charge is 2.37. The molecule has 17 heavy (non-hydrogen) atoms. The maximum absolute atomic E-state index is 11.6. The summed E-state index contributed by atoms with van der Waals surface area (Å²) in [5.41, 5.74) is -0.580. The van der Waals surface area contributed by atoms with Crippen molar-refractivity contribution in [3.8, 4) is 0 Å². The third kappa shape index (κ3) is 4.77. The van der Waals surface area contributed by atoms with Crippen LogP contribution >= 0.6 is 15.9 Å². The molecule has 3 N–H and O–H groups in total. The van der Waals surface area contributed by atoms with Crippen molar-refractivity contribution in [1.82, 2.24) is 10.6 Å². The molecule has 0 unspecified atom stereocenters. The normalized spacial score (nSPS) is 17.5. The number of rotatable bonds is 5. The van der Waals surface area contributed by atoms with Crippen molar-refractivity contribution in [2.24, 2.45) is 0 Å². The van der Waals surface area contributed by atoms with Gasteiger partial charge in [0, 0.05) is 4.48 Å². The number of hydrogen-bond donors (Lipinski definition) is 3. The summed E-state index contributed by atoms with van der Waals surface area (Å²) in [6, 6.07) is -0.339. The van der Waals surface area contributed by atoms with Gasteiger partial charge < -0.3 is 15.7 Å². The van der Waals surface area contributed by atoms with Crippen LogP contribution < -0.4 is 10.6 Å². The number of carbonyl (C=O) groups is 2. The molecule has 2 amide bonds. The van der Waals surface area contributed by atoms with Gasteiger partial charge in [0.2, 0.25) is 0 Å². The molecule has 1 rings (SSSR count). The Hall–Kier alpha value is -1.04. The molecule has 0 heterocycles. The van der Waals surface area contributed by atoms with Gasteiger partial charge >= 0.3 is 12.0 Å². The van der Waals surface area contributed by atoms with Crippen LogP contribution in [-0.4, -0.2) is 29.2 Å². The Bertz CT molecular complexity index is 325. The number of carboxylic acids is 1. The minimum atomic E-state index is -0.878. The van der Waals surface area contributed by atoms with Gasteiger partial charge in [-0.2, -0.15) is 0 Å². The van der Waals surface area contributed by atoms with E-state index in [0.29, 0.717) is 11.0 Å². The number of amides is 2. The molecule has 5 nitrogen and oxygen atoms in total. The van der Waals surface area contributed by atoms with Crippen LogP contribution in [0.4, 0.5) is 4.79 Å². The van der Waals surface area contributed by atoms with Crippen LogP contribution in [0.2, 0.25) is 0 Å². The summed E-state index contributed by atoms with van der Waals surface area (Å²) in [6.45, 7) is 3.93. The van der Waals surface area contributed by atoms with Crippen LogP contribution in [0, 0.1) is 0 Å². The predicted molar refractivity (Wildman–Crippen MR) is 68.1 cm³/mol. The topological polar surface area (TPSA) is 78.4 Å². The summed E-state index contributed by atoms with van der Waals surface area (Å²) in [4.78, 5) is 22.4. The SMILES string of the molecule is C=C(Br)CNC(=O)NC1(CC(=O)O)CCCC1. The van der Waals surface area contributed by atoms with Crippen LogP contribution in [0.3, 0.4) is 0 Å². The second-order valence-corrected chi connectivity index (χ2v) is 5.50. The first kappa shape index (κ1) is 14.0. The first-order valence-electron chi connectivity index (χ1n) is 5.55. The lowest BCUT2D eigenvalue weighted by Crippen LogP contribution is -2.51. The number of aliphatic carboxylic acids is 1. The Morgan fingerprint density at radius 1 is 1.35 bits per heavy atom. The summed E-state index contributed by atoms with van der Waals surface area (Å²) < 4.78 is 0.673. The predicted octanol–water partition coefficient (Wildman–Crippen LogP) is 1.98. The van der Waals surface area contributed by atoms with Gasteiger partial charge in [0.15, 0.2) is 0 Å². The van der Waals surface area contributed by atoms with E-state index >= 15 is 0 Å². The van der Waals surface area contributed by atoms with Gasteiger partial charge in [-0.1, -0.05) is 35.4 Å². The zero-order valence-electron chi connectivity index (χ0n) is 9.59. The molecule has 0 aromatic carbocycles. The molecule has 1 fully saturated rings. The molecule has 0 saturated heterocycles. The van der Waals surface area contributed by atoms with Gasteiger partial charge in [0.25, 0.3) is 0 Å². The van der Waals surface area contributed by atoms with Crippen LogP contribution in [0.1, 0.15) is 32.1 Å². The molecule has 0 spiro atoms. The number of urea groups is 1. The van der Waals surface area contributed by atoms with Crippen LogP contribution in [0.25, 0.3) is 0 Å². The monoisotopic (exact) mass is 304 g/mol. The van der Waals surface area contributed by atoms with Gasteiger partial charge in [-0.05, 0) is 12.8 Å².